The van der Waals surface area contributed by atoms with Crippen LogP contribution in [0, 0.1) is 0 Å². The first-order chi connectivity index (χ1) is 10.7. The maximum atomic E-state index is 12.6. The minimum atomic E-state index is -0.0968. The highest BCUT2D eigenvalue weighted by atomic mass is 16.5. The Labute approximate surface area is 131 Å². The molecule has 0 aromatic carbocycles. The molecule has 0 unspecified atom stereocenters. The van der Waals surface area contributed by atoms with Crippen molar-refractivity contribution in [3.63, 3.8) is 0 Å². The molecule has 1 aromatic heterocycles. The van der Waals surface area contributed by atoms with Crippen LogP contribution in [0.3, 0.4) is 0 Å². The molecule has 0 N–H and O–H groups in total. The highest BCUT2D eigenvalue weighted by molar-refractivity contribution is 5.94. The monoisotopic (exact) mass is 301 g/mol. The van der Waals surface area contributed by atoms with Gasteiger partial charge in [0.1, 0.15) is 0 Å². The molecule has 2 heterocycles. The average Bonchev–Trinajstić information content (AvgIpc) is 2.56. The summed E-state index contributed by atoms with van der Waals surface area (Å²) in [5.41, 5.74) is 1.50. The van der Waals surface area contributed by atoms with Gasteiger partial charge in [-0.25, -0.2) is 0 Å². The molecular formula is C17H23N3O2. The van der Waals surface area contributed by atoms with Gasteiger partial charge in [-0.1, -0.05) is 19.3 Å². The highest BCUT2D eigenvalue weighted by Gasteiger charge is 2.38. The number of amides is 1. The zero-order valence-electron chi connectivity index (χ0n) is 13.1. The highest BCUT2D eigenvalue weighted by Crippen LogP contribution is 2.34. The second-order valence-corrected chi connectivity index (χ2v) is 6.27. The standard InChI is InChI=1S/C17H23N3O2/c1-14(15-12-18-7-8-19-15)11-16(21)20-9-10-22-17(13-20)5-3-2-4-6-17/h7-8,11-12H,2-6,9-10,13H2,1H3. The molecule has 2 aliphatic rings. The fraction of sp³-hybridized carbons (Fsp3) is 0.588. The Morgan fingerprint density at radius 2 is 2.14 bits per heavy atom. The van der Waals surface area contributed by atoms with Gasteiger partial charge in [0.25, 0.3) is 0 Å². The van der Waals surface area contributed by atoms with E-state index in [9.17, 15) is 4.79 Å². The summed E-state index contributed by atoms with van der Waals surface area (Å²) in [6.45, 7) is 3.93. The van der Waals surface area contributed by atoms with Crippen molar-refractivity contribution in [3.8, 4) is 0 Å². The third-order valence-electron chi connectivity index (χ3n) is 4.63. The number of allylic oxidation sites excluding steroid dienone is 1. The molecule has 0 radical (unpaired) electrons. The van der Waals surface area contributed by atoms with Gasteiger partial charge in [0, 0.05) is 25.0 Å². The second kappa shape index (κ2) is 6.57. The van der Waals surface area contributed by atoms with E-state index in [-0.39, 0.29) is 11.5 Å². The van der Waals surface area contributed by atoms with Gasteiger partial charge >= 0.3 is 0 Å². The van der Waals surface area contributed by atoms with E-state index in [1.54, 1.807) is 24.7 Å². The molecular weight excluding hydrogens is 278 g/mol. The van der Waals surface area contributed by atoms with Gasteiger partial charge in [0.2, 0.25) is 5.91 Å². The van der Waals surface area contributed by atoms with Crippen molar-refractivity contribution in [1.29, 1.82) is 0 Å². The van der Waals surface area contributed by atoms with E-state index in [1.165, 1.54) is 19.3 Å². The van der Waals surface area contributed by atoms with Crippen LogP contribution in [0.15, 0.2) is 24.7 Å². The van der Waals surface area contributed by atoms with Gasteiger partial charge in [-0.05, 0) is 25.3 Å². The fourth-order valence-corrected chi connectivity index (χ4v) is 3.38. The van der Waals surface area contributed by atoms with Gasteiger partial charge < -0.3 is 9.64 Å². The van der Waals surface area contributed by atoms with E-state index < -0.39 is 0 Å². The first-order valence-corrected chi connectivity index (χ1v) is 8.06. The molecule has 1 saturated heterocycles. The summed E-state index contributed by atoms with van der Waals surface area (Å²) in [4.78, 5) is 22.8. The van der Waals surface area contributed by atoms with Crippen LogP contribution in [0.4, 0.5) is 0 Å². The topological polar surface area (TPSA) is 55.3 Å². The van der Waals surface area contributed by atoms with Gasteiger partial charge in [0.05, 0.1) is 30.6 Å². The summed E-state index contributed by atoms with van der Waals surface area (Å²) < 4.78 is 6.04. The van der Waals surface area contributed by atoms with Crippen LogP contribution in [0.5, 0.6) is 0 Å². The molecule has 3 rings (SSSR count). The molecule has 0 bridgehead atoms. The first kappa shape index (κ1) is 15.2. The second-order valence-electron chi connectivity index (χ2n) is 6.27. The van der Waals surface area contributed by atoms with Crippen molar-refractivity contribution in [3.05, 3.63) is 30.4 Å². The van der Waals surface area contributed by atoms with E-state index in [0.717, 1.165) is 30.7 Å². The minimum Gasteiger partial charge on any atom is -0.371 e. The van der Waals surface area contributed by atoms with E-state index in [2.05, 4.69) is 9.97 Å². The van der Waals surface area contributed by atoms with Crippen molar-refractivity contribution in [1.82, 2.24) is 14.9 Å². The Morgan fingerprint density at radius 1 is 1.32 bits per heavy atom. The summed E-state index contributed by atoms with van der Waals surface area (Å²) in [5, 5.41) is 0. The number of nitrogens with zero attached hydrogens (tertiary/aromatic N) is 3. The number of carbonyl (C=O) groups excluding carboxylic acids is 1. The molecule has 1 saturated carbocycles. The number of morpholine rings is 1. The lowest BCUT2D eigenvalue weighted by Crippen LogP contribution is -2.54. The van der Waals surface area contributed by atoms with Crippen molar-refractivity contribution >= 4 is 11.5 Å². The predicted molar refractivity (Wildman–Crippen MR) is 84.0 cm³/mol. The molecule has 1 aliphatic heterocycles. The number of ether oxygens (including phenoxy) is 1. The minimum absolute atomic E-state index is 0.0522. The van der Waals surface area contributed by atoms with Crippen molar-refractivity contribution < 1.29 is 9.53 Å². The van der Waals surface area contributed by atoms with Gasteiger partial charge in [-0.15, -0.1) is 0 Å². The molecule has 1 amide bonds. The first-order valence-electron chi connectivity index (χ1n) is 8.06. The molecule has 1 aliphatic carbocycles. The average molecular weight is 301 g/mol. The van der Waals surface area contributed by atoms with Crippen molar-refractivity contribution in [2.24, 2.45) is 0 Å². The van der Waals surface area contributed by atoms with Crippen molar-refractivity contribution in [2.75, 3.05) is 19.7 Å². The summed E-state index contributed by atoms with van der Waals surface area (Å²) >= 11 is 0. The number of carbonyl (C=O) groups is 1. The van der Waals surface area contributed by atoms with Gasteiger partial charge in [0.15, 0.2) is 0 Å². The number of aromatic nitrogens is 2. The van der Waals surface area contributed by atoms with Gasteiger partial charge in [-0.3, -0.25) is 14.8 Å². The fourth-order valence-electron chi connectivity index (χ4n) is 3.38. The Balaban J connectivity index is 1.69. The summed E-state index contributed by atoms with van der Waals surface area (Å²) in [7, 11) is 0. The predicted octanol–water partition coefficient (Wildman–Crippen LogP) is 2.44. The van der Waals surface area contributed by atoms with E-state index in [1.807, 2.05) is 11.8 Å². The quantitative estimate of drug-likeness (QED) is 0.787. The Hall–Kier alpha value is -1.75. The van der Waals surface area contributed by atoms with E-state index in [4.69, 9.17) is 4.74 Å². The van der Waals surface area contributed by atoms with Gasteiger partial charge in [-0.2, -0.15) is 0 Å². The Morgan fingerprint density at radius 3 is 2.86 bits per heavy atom. The smallest absolute Gasteiger partial charge is 0.247 e. The van der Waals surface area contributed by atoms with Crippen LogP contribution in [0.25, 0.3) is 5.57 Å². The molecule has 2 fully saturated rings. The molecule has 0 atom stereocenters. The lowest BCUT2D eigenvalue weighted by molar-refractivity contribution is -0.152. The van der Waals surface area contributed by atoms with Crippen LogP contribution < -0.4 is 0 Å². The molecule has 5 heteroatoms. The summed E-state index contributed by atoms with van der Waals surface area (Å²) in [5.74, 6) is 0.0522. The molecule has 1 aromatic rings. The SMILES string of the molecule is CC(=CC(=O)N1CCOC2(CCCCC2)C1)c1cnccn1. The zero-order valence-corrected chi connectivity index (χ0v) is 13.1. The molecule has 5 nitrogen and oxygen atoms in total. The van der Waals surface area contributed by atoms with Crippen molar-refractivity contribution in [2.45, 2.75) is 44.6 Å². The Bertz CT molecular complexity index is 545. The van der Waals surface area contributed by atoms with E-state index >= 15 is 0 Å². The maximum absolute atomic E-state index is 12.6. The maximum Gasteiger partial charge on any atom is 0.247 e. The number of rotatable bonds is 2. The molecule has 1 spiro atoms. The lowest BCUT2D eigenvalue weighted by atomic mass is 9.83. The number of hydrogen-bond donors (Lipinski definition) is 0. The summed E-state index contributed by atoms with van der Waals surface area (Å²) in [6.07, 6.45) is 12.5. The Kier molecular flexibility index (Phi) is 4.52. The zero-order chi connectivity index (χ0) is 15.4. The van der Waals surface area contributed by atoms with Crippen LogP contribution in [-0.2, 0) is 9.53 Å². The largest absolute Gasteiger partial charge is 0.371 e. The molecule has 118 valence electrons. The normalized spacial score (nSPS) is 21.9. The third-order valence-corrected chi connectivity index (χ3v) is 4.63. The third kappa shape index (κ3) is 3.35. The number of hydrogen-bond acceptors (Lipinski definition) is 4. The van der Waals surface area contributed by atoms with Crippen LogP contribution in [0.1, 0.15) is 44.7 Å². The van der Waals surface area contributed by atoms with E-state index in [0.29, 0.717) is 13.2 Å². The summed E-state index contributed by atoms with van der Waals surface area (Å²) in [6, 6.07) is 0. The molecule has 22 heavy (non-hydrogen) atoms. The van der Waals surface area contributed by atoms with Crippen LogP contribution in [-0.4, -0.2) is 46.1 Å². The van der Waals surface area contributed by atoms with Crippen LogP contribution in [0.2, 0.25) is 0 Å². The lowest BCUT2D eigenvalue weighted by Gasteiger charge is -2.44. The van der Waals surface area contributed by atoms with Crippen LogP contribution >= 0.6 is 0 Å².